The SMILES string of the molecule is NC1CCC2CCC1(n1ccnn1)N2. The molecule has 3 rings (SSSR count). The molecule has 2 fully saturated rings. The lowest BCUT2D eigenvalue weighted by Gasteiger charge is -2.39. The highest BCUT2D eigenvalue weighted by atomic mass is 15.5. The number of nitrogens with zero attached hydrogens (tertiary/aromatic N) is 3. The van der Waals surface area contributed by atoms with Crippen LogP contribution >= 0.6 is 0 Å². The van der Waals surface area contributed by atoms with Crippen LogP contribution in [0.5, 0.6) is 0 Å². The van der Waals surface area contributed by atoms with Crippen molar-refractivity contribution in [2.75, 3.05) is 0 Å². The molecular weight excluding hydrogens is 178 g/mol. The minimum atomic E-state index is -0.153. The van der Waals surface area contributed by atoms with E-state index in [2.05, 4.69) is 15.6 Å². The first-order chi connectivity index (χ1) is 6.81. The van der Waals surface area contributed by atoms with Crippen LogP contribution in [0.3, 0.4) is 0 Å². The number of nitrogens with one attached hydrogen (secondary N) is 1. The Hall–Kier alpha value is -0.940. The topological polar surface area (TPSA) is 68.8 Å². The van der Waals surface area contributed by atoms with Gasteiger partial charge in [0.15, 0.2) is 0 Å². The summed E-state index contributed by atoms with van der Waals surface area (Å²) in [5.74, 6) is 0. The zero-order valence-electron chi connectivity index (χ0n) is 8.06. The van der Waals surface area contributed by atoms with Crippen LogP contribution in [0.4, 0.5) is 0 Å². The summed E-state index contributed by atoms with van der Waals surface area (Å²) in [6.07, 6.45) is 8.16. The number of fused-ring (bicyclic) bond motifs is 2. The van der Waals surface area contributed by atoms with Crippen LogP contribution in [0.15, 0.2) is 12.4 Å². The molecule has 2 aliphatic rings. The molecule has 0 aliphatic carbocycles. The van der Waals surface area contributed by atoms with Gasteiger partial charge in [0.2, 0.25) is 0 Å². The van der Waals surface area contributed by atoms with Crippen LogP contribution in [-0.2, 0) is 5.66 Å². The molecule has 76 valence electrons. The third kappa shape index (κ3) is 0.965. The van der Waals surface area contributed by atoms with Gasteiger partial charge in [-0.3, -0.25) is 5.32 Å². The fourth-order valence-corrected chi connectivity index (χ4v) is 2.79. The molecular formula is C9H15N5. The fraction of sp³-hybridized carbons (Fsp3) is 0.778. The molecule has 14 heavy (non-hydrogen) atoms. The quantitative estimate of drug-likeness (QED) is 0.648. The first-order valence-corrected chi connectivity index (χ1v) is 5.21. The zero-order valence-corrected chi connectivity index (χ0v) is 8.06. The minimum Gasteiger partial charge on any atom is -0.324 e. The number of nitrogens with two attached hydrogens (primary N) is 1. The standard InChI is InChI=1S/C9H15N5/c10-8-2-1-7-3-4-9(8,12-7)14-6-5-11-13-14/h5-8,12H,1-4,10H2. The summed E-state index contributed by atoms with van der Waals surface area (Å²) >= 11 is 0. The number of hydrogen-bond donors (Lipinski definition) is 2. The average molecular weight is 193 g/mol. The van der Waals surface area contributed by atoms with E-state index in [0.29, 0.717) is 6.04 Å². The van der Waals surface area contributed by atoms with E-state index >= 15 is 0 Å². The Kier molecular flexibility index (Phi) is 1.66. The minimum absolute atomic E-state index is 0.153. The summed E-state index contributed by atoms with van der Waals surface area (Å²) in [6.45, 7) is 0. The summed E-state index contributed by atoms with van der Waals surface area (Å²) in [4.78, 5) is 0. The largest absolute Gasteiger partial charge is 0.324 e. The highest BCUT2D eigenvalue weighted by Crippen LogP contribution is 2.37. The Morgan fingerprint density at radius 2 is 2.36 bits per heavy atom. The fourth-order valence-electron chi connectivity index (χ4n) is 2.79. The van der Waals surface area contributed by atoms with Gasteiger partial charge >= 0.3 is 0 Å². The number of aromatic nitrogens is 3. The van der Waals surface area contributed by atoms with Crippen molar-refractivity contribution >= 4 is 0 Å². The number of hydrogen-bond acceptors (Lipinski definition) is 4. The summed E-state index contributed by atoms with van der Waals surface area (Å²) in [5.41, 5.74) is 6.04. The van der Waals surface area contributed by atoms with Gasteiger partial charge in [-0.05, 0) is 25.7 Å². The second-order valence-electron chi connectivity index (χ2n) is 4.34. The van der Waals surface area contributed by atoms with E-state index in [1.54, 1.807) is 6.20 Å². The van der Waals surface area contributed by atoms with E-state index in [1.165, 1.54) is 12.8 Å². The third-order valence-electron chi connectivity index (χ3n) is 3.60. The Bertz CT molecular complexity index is 322. The molecule has 0 saturated carbocycles. The number of rotatable bonds is 1. The maximum absolute atomic E-state index is 6.19. The molecule has 3 heterocycles. The van der Waals surface area contributed by atoms with E-state index in [9.17, 15) is 0 Å². The molecule has 0 amide bonds. The summed E-state index contributed by atoms with van der Waals surface area (Å²) < 4.78 is 1.90. The van der Waals surface area contributed by atoms with Gasteiger partial charge in [0.1, 0.15) is 5.66 Å². The van der Waals surface area contributed by atoms with Crippen molar-refractivity contribution in [2.24, 2.45) is 5.73 Å². The van der Waals surface area contributed by atoms with Gasteiger partial charge in [-0.25, -0.2) is 4.68 Å². The van der Waals surface area contributed by atoms with Gasteiger partial charge in [0, 0.05) is 18.3 Å². The van der Waals surface area contributed by atoms with Crippen LogP contribution in [0.2, 0.25) is 0 Å². The lowest BCUT2D eigenvalue weighted by atomic mass is 9.94. The summed E-state index contributed by atoms with van der Waals surface area (Å²) in [6, 6.07) is 0.780. The van der Waals surface area contributed by atoms with Gasteiger partial charge < -0.3 is 5.73 Å². The molecule has 0 spiro atoms. The summed E-state index contributed by atoms with van der Waals surface area (Å²) in [5, 5.41) is 11.5. The molecule has 5 heteroatoms. The van der Waals surface area contributed by atoms with Crippen LogP contribution in [0, 0.1) is 0 Å². The lowest BCUT2D eigenvalue weighted by Crippen LogP contribution is -2.60. The molecule has 3 atom stereocenters. The maximum atomic E-state index is 6.19. The van der Waals surface area contributed by atoms with E-state index in [0.717, 1.165) is 12.8 Å². The Balaban J connectivity index is 2.01. The highest BCUT2D eigenvalue weighted by Gasteiger charge is 2.48. The predicted molar refractivity (Wildman–Crippen MR) is 51.4 cm³/mol. The van der Waals surface area contributed by atoms with Crippen molar-refractivity contribution in [3.63, 3.8) is 0 Å². The lowest BCUT2D eigenvalue weighted by molar-refractivity contribution is 0.130. The van der Waals surface area contributed by atoms with E-state index < -0.39 is 0 Å². The van der Waals surface area contributed by atoms with Crippen molar-refractivity contribution in [1.29, 1.82) is 0 Å². The maximum Gasteiger partial charge on any atom is 0.129 e. The van der Waals surface area contributed by atoms with Crippen LogP contribution < -0.4 is 11.1 Å². The van der Waals surface area contributed by atoms with Gasteiger partial charge in [0.25, 0.3) is 0 Å². The van der Waals surface area contributed by atoms with E-state index in [-0.39, 0.29) is 11.7 Å². The molecule has 2 saturated heterocycles. The van der Waals surface area contributed by atoms with Gasteiger partial charge in [0.05, 0.1) is 6.20 Å². The van der Waals surface area contributed by atoms with E-state index in [1.807, 2.05) is 10.9 Å². The van der Waals surface area contributed by atoms with Crippen molar-refractivity contribution in [2.45, 2.75) is 43.4 Å². The second-order valence-corrected chi connectivity index (χ2v) is 4.34. The predicted octanol–water partition coefficient (Wildman–Crippen LogP) is -0.196. The Morgan fingerprint density at radius 1 is 1.43 bits per heavy atom. The first kappa shape index (κ1) is 8.38. The van der Waals surface area contributed by atoms with Crippen molar-refractivity contribution in [3.8, 4) is 0 Å². The molecule has 0 aromatic carbocycles. The zero-order chi connectivity index (χ0) is 9.60. The van der Waals surface area contributed by atoms with Crippen LogP contribution in [0.25, 0.3) is 0 Å². The highest BCUT2D eigenvalue weighted by molar-refractivity contribution is 5.04. The van der Waals surface area contributed by atoms with Crippen LogP contribution in [0.1, 0.15) is 25.7 Å². The number of piperidine rings is 1. The third-order valence-corrected chi connectivity index (χ3v) is 3.60. The van der Waals surface area contributed by atoms with Crippen molar-refractivity contribution in [1.82, 2.24) is 20.3 Å². The average Bonchev–Trinajstić information content (AvgIpc) is 2.82. The molecule has 2 bridgehead atoms. The molecule has 3 N–H and O–H groups in total. The molecule has 5 nitrogen and oxygen atoms in total. The smallest absolute Gasteiger partial charge is 0.129 e. The molecule has 1 aromatic rings. The van der Waals surface area contributed by atoms with Crippen LogP contribution in [-0.4, -0.2) is 27.1 Å². The van der Waals surface area contributed by atoms with Crippen molar-refractivity contribution < 1.29 is 0 Å². The molecule has 3 unspecified atom stereocenters. The molecule has 2 aliphatic heterocycles. The second kappa shape index (κ2) is 2.77. The van der Waals surface area contributed by atoms with Gasteiger partial charge in [-0.1, -0.05) is 5.21 Å². The van der Waals surface area contributed by atoms with Crippen molar-refractivity contribution in [3.05, 3.63) is 12.4 Å². The van der Waals surface area contributed by atoms with Gasteiger partial charge in [-0.15, -0.1) is 5.10 Å². The summed E-state index contributed by atoms with van der Waals surface area (Å²) in [7, 11) is 0. The normalized spacial score (nSPS) is 41.5. The van der Waals surface area contributed by atoms with E-state index in [4.69, 9.17) is 5.73 Å². The van der Waals surface area contributed by atoms with Gasteiger partial charge in [-0.2, -0.15) is 0 Å². The molecule has 1 aromatic heterocycles. The Morgan fingerprint density at radius 3 is 3.14 bits per heavy atom. The Labute approximate surface area is 82.7 Å². The monoisotopic (exact) mass is 193 g/mol. The first-order valence-electron chi connectivity index (χ1n) is 5.21. The molecule has 0 radical (unpaired) electrons.